The molecule has 0 fully saturated rings. The lowest BCUT2D eigenvalue weighted by Crippen LogP contribution is -2.28. The summed E-state index contributed by atoms with van der Waals surface area (Å²) in [5.74, 6) is 4.09. The fraction of sp³-hybridized carbons (Fsp3) is 0.273. The molecule has 1 aromatic heterocycles. The minimum Gasteiger partial charge on any atom is -0.438 e. The van der Waals surface area contributed by atoms with Crippen molar-refractivity contribution in [3.8, 4) is 11.6 Å². The van der Waals surface area contributed by atoms with Crippen LogP contribution in [0.3, 0.4) is 0 Å². The van der Waals surface area contributed by atoms with Crippen LogP contribution in [-0.2, 0) is 23.3 Å². The van der Waals surface area contributed by atoms with E-state index in [1.165, 1.54) is 18.2 Å². The predicted octanol–water partition coefficient (Wildman–Crippen LogP) is 6.13. The van der Waals surface area contributed by atoms with Crippen LogP contribution in [-0.4, -0.2) is 23.3 Å². The van der Waals surface area contributed by atoms with E-state index in [9.17, 15) is 30.9 Å². The summed E-state index contributed by atoms with van der Waals surface area (Å²) in [6.07, 6.45) is -9.05. The number of ether oxygens (including phenoxy) is 1. The molecule has 2 aromatic carbocycles. The van der Waals surface area contributed by atoms with Crippen molar-refractivity contribution in [2.24, 2.45) is 5.84 Å². The first-order valence-corrected chi connectivity index (χ1v) is 12.7. The molecule has 3 rings (SSSR count). The highest BCUT2D eigenvalue weighted by atomic mass is 31.2. The topological polar surface area (TPSA) is 81.3 Å². The minimum atomic E-state index is -4.95. The van der Waals surface area contributed by atoms with Crippen molar-refractivity contribution in [1.29, 1.82) is 0 Å². The second-order valence-electron chi connectivity index (χ2n) is 7.94. The van der Waals surface area contributed by atoms with Crippen molar-refractivity contribution in [1.82, 2.24) is 9.97 Å². The number of aryl methyl sites for hydroxylation is 1. The Morgan fingerprint density at radius 1 is 1.00 bits per heavy atom. The molecule has 188 valence electrons. The fourth-order valence-corrected chi connectivity index (χ4v) is 3.90. The zero-order valence-electron chi connectivity index (χ0n) is 18.8. The van der Waals surface area contributed by atoms with Crippen LogP contribution in [0, 0.1) is 0 Å². The standard InChI is InChI=1S/C22H21F6N4O2P/c1-4-13-9-14(21(23,24)25)11-16(10-13)34-19-18(22(26,27)28)12-30-20(31-19)32(29)15-5-7-17(8-6-15)35(2,3)33/h5-12H,4,29H2,1-3H3. The summed E-state index contributed by atoms with van der Waals surface area (Å²) in [7, 11) is -2.55. The highest BCUT2D eigenvalue weighted by Crippen LogP contribution is 2.40. The molecule has 3 aromatic rings. The average Bonchev–Trinajstić information content (AvgIpc) is 2.76. The zero-order chi connectivity index (χ0) is 26.2. The van der Waals surface area contributed by atoms with Crippen LogP contribution in [0.5, 0.6) is 11.6 Å². The molecule has 0 saturated carbocycles. The van der Waals surface area contributed by atoms with Crippen LogP contribution in [0.4, 0.5) is 38.0 Å². The molecule has 0 unspecified atom stereocenters. The molecule has 0 aliphatic carbocycles. The van der Waals surface area contributed by atoms with Crippen LogP contribution in [0.25, 0.3) is 0 Å². The van der Waals surface area contributed by atoms with E-state index in [2.05, 4.69) is 9.97 Å². The second-order valence-corrected chi connectivity index (χ2v) is 11.2. The zero-order valence-corrected chi connectivity index (χ0v) is 19.7. The molecule has 35 heavy (non-hydrogen) atoms. The van der Waals surface area contributed by atoms with Crippen LogP contribution in [0.2, 0.25) is 0 Å². The lowest BCUT2D eigenvalue weighted by Gasteiger charge is -2.20. The lowest BCUT2D eigenvalue weighted by molar-refractivity contribution is -0.140. The molecule has 0 radical (unpaired) electrons. The van der Waals surface area contributed by atoms with Gasteiger partial charge < -0.3 is 9.30 Å². The van der Waals surface area contributed by atoms with Crippen molar-refractivity contribution in [2.45, 2.75) is 25.7 Å². The number of hydrogen-bond donors (Lipinski definition) is 1. The van der Waals surface area contributed by atoms with Crippen molar-refractivity contribution < 1.29 is 35.6 Å². The van der Waals surface area contributed by atoms with E-state index in [-0.39, 0.29) is 17.7 Å². The van der Waals surface area contributed by atoms with E-state index in [0.717, 1.165) is 11.1 Å². The normalized spacial score (nSPS) is 12.5. The Kier molecular flexibility index (Phi) is 7.19. The van der Waals surface area contributed by atoms with Crippen LogP contribution in [0.15, 0.2) is 48.7 Å². The summed E-state index contributed by atoms with van der Waals surface area (Å²) in [5.41, 5.74) is -1.99. The number of anilines is 2. The van der Waals surface area contributed by atoms with Gasteiger partial charge in [-0.05, 0) is 67.8 Å². The van der Waals surface area contributed by atoms with E-state index in [1.807, 2.05) is 0 Å². The Balaban J connectivity index is 2.04. The smallest absolute Gasteiger partial charge is 0.423 e. The molecule has 1 heterocycles. The third-order valence-electron chi connectivity index (χ3n) is 4.93. The molecule has 6 nitrogen and oxygen atoms in total. The maximum Gasteiger partial charge on any atom is 0.423 e. The highest BCUT2D eigenvalue weighted by Gasteiger charge is 2.37. The van der Waals surface area contributed by atoms with Gasteiger partial charge in [0.15, 0.2) is 0 Å². The highest BCUT2D eigenvalue weighted by molar-refractivity contribution is 7.70. The van der Waals surface area contributed by atoms with Gasteiger partial charge >= 0.3 is 12.4 Å². The number of rotatable bonds is 6. The minimum absolute atomic E-state index is 0.191. The third kappa shape index (κ3) is 6.32. The largest absolute Gasteiger partial charge is 0.438 e. The molecule has 0 saturated heterocycles. The van der Waals surface area contributed by atoms with Crippen molar-refractivity contribution >= 4 is 24.1 Å². The number of hydrogen-bond acceptors (Lipinski definition) is 6. The first-order chi connectivity index (χ1) is 16.1. The van der Waals surface area contributed by atoms with Gasteiger partial charge in [-0.15, -0.1) is 0 Å². The summed E-state index contributed by atoms with van der Waals surface area (Å²) < 4.78 is 97.8. The van der Waals surface area contributed by atoms with Crippen LogP contribution in [0.1, 0.15) is 23.6 Å². The SMILES string of the molecule is CCc1cc(Oc2nc(N(N)c3ccc(P(C)(C)=O)cc3)ncc2C(F)(F)F)cc(C(F)(F)F)c1. The van der Waals surface area contributed by atoms with Gasteiger partial charge in [-0.2, -0.15) is 31.3 Å². The van der Waals surface area contributed by atoms with Gasteiger partial charge in [0.2, 0.25) is 11.8 Å². The number of hydrazine groups is 1. The number of benzene rings is 2. The Labute approximate surface area is 197 Å². The molecule has 0 spiro atoms. The molecule has 0 amide bonds. The summed E-state index contributed by atoms with van der Waals surface area (Å²) >= 11 is 0. The van der Waals surface area contributed by atoms with Crippen molar-refractivity contribution in [2.75, 3.05) is 18.3 Å². The molecular formula is C22H21F6N4O2P. The monoisotopic (exact) mass is 518 g/mol. The fourth-order valence-electron chi connectivity index (χ4n) is 3.03. The third-order valence-corrected chi connectivity index (χ3v) is 6.47. The van der Waals surface area contributed by atoms with Gasteiger partial charge in [-0.1, -0.05) is 6.92 Å². The van der Waals surface area contributed by atoms with Gasteiger partial charge in [0.25, 0.3) is 0 Å². The van der Waals surface area contributed by atoms with E-state index < -0.39 is 48.2 Å². The van der Waals surface area contributed by atoms with Crippen molar-refractivity contribution in [3.05, 3.63) is 65.4 Å². The average molecular weight is 518 g/mol. The van der Waals surface area contributed by atoms with E-state index in [0.29, 0.717) is 17.6 Å². The molecule has 0 atom stereocenters. The number of nitrogens with zero attached hydrogens (tertiary/aromatic N) is 3. The molecule has 0 bridgehead atoms. The van der Waals surface area contributed by atoms with Crippen LogP contribution >= 0.6 is 7.14 Å². The first kappa shape index (κ1) is 26.5. The first-order valence-electron chi connectivity index (χ1n) is 10.1. The summed E-state index contributed by atoms with van der Waals surface area (Å²) in [6.45, 7) is 4.74. The van der Waals surface area contributed by atoms with Gasteiger partial charge in [0, 0.05) is 11.5 Å². The van der Waals surface area contributed by atoms with Gasteiger partial charge in [-0.25, -0.2) is 15.8 Å². The summed E-state index contributed by atoms with van der Waals surface area (Å²) in [5, 5.41) is 1.43. The molecule has 0 aliphatic heterocycles. The van der Waals surface area contributed by atoms with E-state index in [1.54, 1.807) is 32.4 Å². The number of halogens is 6. The van der Waals surface area contributed by atoms with Crippen molar-refractivity contribution in [3.63, 3.8) is 0 Å². The van der Waals surface area contributed by atoms with E-state index >= 15 is 0 Å². The Morgan fingerprint density at radius 3 is 2.14 bits per heavy atom. The number of alkyl halides is 6. The van der Waals surface area contributed by atoms with Crippen LogP contribution < -0.4 is 20.9 Å². The maximum atomic E-state index is 13.6. The Bertz CT molecular complexity index is 1260. The Hall–Kier alpha value is -3.11. The van der Waals surface area contributed by atoms with Gasteiger partial charge in [0.05, 0.1) is 11.3 Å². The molecule has 0 aliphatic rings. The molecular weight excluding hydrogens is 497 g/mol. The summed E-state index contributed by atoms with van der Waals surface area (Å²) in [6, 6.07) is 8.74. The Morgan fingerprint density at radius 2 is 1.63 bits per heavy atom. The molecule has 13 heteroatoms. The number of aromatic nitrogens is 2. The van der Waals surface area contributed by atoms with Gasteiger partial charge in [0.1, 0.15) is 18.5 Å². The number of nitrogens with two attached hydrogens (primary N) is 1. The summed E-state index contributed by atoms with van der Waals surface area (Å²) in [4.78, 5) is 7.38. The van der Waals surface area contributed by atoms with E-state index in [4.69, 9.17) is 10.6 Å². The second kappa shape index (κ2) is 9.50. The maximum absolute atomic E-state index is 13.6. The molecule has 2 N–H and O–H groups in total. The lowest BCUT2D eigenvalue weighted by atomic mass is 10.1. The quantitative estimate of drug-likeness (QED) is 0.183. The predicted molar refractivity (Wildman–Crippen MR) is 120 cm³/mol. The van der Waals surface area contributed by atoms with Gasteiger partial charge in [-0.3, -0.25) is 0 Å².